The minimum Gasteiger partial charge on any atom is -0.497 e. The number of anilines is 2. The Morgan fingerprint density at radius 3 is 2.29 bits per heavy atom. The van der Waals surface area contributed by atoms with Gasteiger partial charge < -0.3 is 20.5 Å². The van der Waals surface area contributed by atoms with Gasteiger partial charge >= 0.3 is 5.97 Å². The summed E-state index contributed by atoms with van der Waals surface area (Å²) in [4.78, 5) is 24.3. The van der Waals surface area contributed by atoms with E-state index < -0.39 is 21.9 Å². The van der Waals surface area contributed by atoms with Crippen molar-refractivity contribution in [1.29, 1.82) is 0 Å². The molecule has 0 bridgehead atoms. The summed E-state index contributed by atoms with van der Waals surface area (Å²) in [6.45, 7) is 3.34. The van der Waals surface area contributed by atoms with E-state index in [4.69, 9.17) is 10.5 Å². The van der Waals surface area contributed by atoms with Gasteiger partial charge in [0.2, 0.25) is 15.9 Å². The summed E-state index contributed by atoms with van der Waals surface area (Å²) in [6.07, 6.45) is -0.105. The van der Waals surface area contributed by atoms with Crippen LogP contribution in [0.2, 0.25) is 0 Å². The Morgan fingerprint density at radius 1 is 1.13 bits per heavy atom. The maximum absolute atomic E-state index is 13.0. The van der Waals surface area contributed by atoms with Gasteiger partial charge in [0.25, 0.3) is 0 Å². The number of amides is 1. The van der Waals surface area contributed by atoms with Crippen LogP contribution in [0.5, 0.6) is 5.75 Å². The van der Waals surface area contributed by atoms with Crippen molar-refractivity contribution >= 4 is 33.3 Å². The van der Waals surface area contributed by atoms with Crippen LogP contribution in [0.3, 0.4) is 0 Å². The van der Waals surface area contributed by atoms with E-state index in [0.717, 1.165) is 4.31 Å². The van der Waals surface area contributed by atoms with Gasteiger partial charge in [0.1, 0.15) is 5.75 Å². The number of esters is 1. The third-order valence-electron chi connectivity index (χ3n) is 4.78. The van der Waals surface area contributed by atoms with Gasteiger partial charge in [-0.15, -0.1) is 0 Å². The molecule has 0 saturated carbocycles. The van der Waals surface area contributed by atoms with E-state index in [9.17, 15) is 18.0 Å². The van der Waals surface area contributed by atoms with E-state index >= 15 is 0 Å². The molecule has 3 N–H and O–H groups in total. The fourth-order valence-electron chi connectivity index (χ4n) is 3.15. The smallest absolute Gasteiger partial charge is 0.340 e. The molecule has 0 aliphatic carbocycles. The van der Waals surface area contributed by atoms with E-state index in [-0.39, 0.29) is 34.8 Å². The number of aryl methyl sites for hydroxylation is 2. The average molecular weight is 450 g/mol. The molecule has 0 aliphatic heterocycles. The van der Waals surface area contributed by atoms with Gasteiger partial charge in [-0.2, -0.15) is 0 Å². The van der Waals surface area contributed by atoms with Gasteiger partial charge in [-0.3, -0.25) is 4.79 Å². The largest absolute Gasteiger partial charge is 0.497 e. The molecule has 0 aromatic heterocycles. The van der Waals surface area contributed by atoms with Crippen molar-refractivity contribution in [3.05, 3.63) is 47.0 Å². The monoisotopic (exact) mass is 449 g/mol. The molecule has 31 heavy (non-hydrogen) atoms. The zero-order chi connectivity index (χ0) is 23.3. The third-order valence-corrected chi connectivity index (χ3v) is 6.94. The number of methoxy groups -OCH3 is 2. The van der Waals surface area contributed by atoms with Crippen LogP contribution in [0.25, 0.3) is 0 Å². The SMILES string of the molecule is COC(=O)c1cccc(NC(=O)CCN(C)S(=O)(=O)c2c(C)cc(OC)cc2C)c1N. The van der Waals surface area contributed by atoms with Crippen LogP contribution in [0.4, 0.5) is 11.4 Å². The summed E-state index contributed by atoms with van der Waals surface area (Å²) < 4.78 is 37.0. The van der Waals surface area contributed by atoms with E-state index in [1.165, 1.54) is 27.3 Å². The van der Waals surface area contributed by atoms with Crippen molar-refractivity contribution < 1.29 is 27.5 Å². The van der Waals surface area contributed by atoms with Crippen molar-refractivity contribution in [2.75, 3.05) is 38.9 Å². The van der Waals surface area contributed by atoms with Crippen molar-refractivity contribution in [2.24, 2.45) is 0 Å². The molecule has 9 nitrogen and oxygen atoms in total. The topological polar surface area (TPSA) is 128 Å². The third kappa shape index (κ3) is 5.33. The fraction of sp³-hybridized carbons (Fsp3) is 0.333. The lowest BCUT2D eigenvalue weighted by atomic mass is 10.1. The number of para-hydroxylation sites is 1. The second kappa shape index (κ2) is 9.80. The highest BCUT2D eigenvalue weighted by molar-refractivity contribution is 7.89. The second-order valence-corrected chi connectivity index (χ2v) is 8.96. The molecule has 0 atom stereocenters. The molecule has 10 heteroatoms. The van der Waals surface area contributed by atoms with E-state index in [1.54, 1.807) is 38.1 Å². The highest BCUT2D eigenvalue weighted by Crippen LogP contribution is 2.28. The zero-order valence-electron chi connectivity index (χ0n) is 18.2. The molecule has 0 heterocycles. The molecule has 0 fully saturated rings. The number of nitrogens with one attached hydrogen (secondary N) is 1. The van der Waals surface area contributed by atoms with Crippen molar-refractivity contribution in [1.82, 2.24) is 4.31 Å². The van der Waals surface area contributed by atoms with Crippen molar-refractivity contribution in [3.63, 3.8) is 0 Å². The fourth-order valence-corrected chi connectivity index (χ4v) is 4.72. The van der Waals surface area contributed by atoms with Crippen molar-refractivity contribution in [3.8, 4) is 5.75 Å². The van der Waals surface area contributed by atoms with Crippen LogP contribution < -0.4 is 15.8 Å². The second-order valence-electron chi connectivity index (χ2n) is 6.97. The van der Waals surface area contributed by atoms with Gasteiger partial charge in [0.05, 0.1) is 36.1 Å². The summed E-state index contributed by atoms with van der Waals surface area (Å²) in [6, 6.07) is 7.89. The maximum Gasteiger partial charge on any atom is 0.340 e. The van der Waals surface area contributed by atoms with Gasteiger partial charge in [-0.05, 0) is 49.2 Å². The first-order valence-corrected chi connectivity index (χ1v) is 10.8. The number of nitrogens with two attached hydrogens (primary N) is 1. The predicted molar refractivity (Wildman–Crippen MR) is 118 cm³/mol. The number of benzene rings is 2. The number of hydrogen-bond acceptors (Lipinski definition) is 7. The van der Waals surface area contributed by atoms with Gasteiger partial charge in [0, 0.05) is 20.0 Å². The number of rotatable bonds is 8. The normalized spacial score (nSPS) is 11.3. The molecule has 1 amide bonds. The Balaban J connectivity index is 2.12. The Labute approximate surface area is 182 Å². The molecule has 2 aromatic rings. The Bertz CT molecular complexity index is 1080. The van der Waals surface area contributed by atoms with Crippen LogP contribution in [0, 0.1) is 13.8 Å². The molecular formula is C21H27N3O6S. The van der Waals surface area contributed by atoms with Gasteiger partial charge in [0.15, 0.2) is 0 Å². The molecule has 0 aliphatic rings. The zero-order valence-corrected chi connectivity index (χ0v) is 19.0. The number of ether oxygens (including phenoxy) is 2. The standard InChI is InChI=1S/C21H27N3O6S/c1-13-11-15(29-4)12-14(2)20(13)31(27,28)24(3)10-9-18(25)23-17-8-6-7-16(19(17)22)21(26)30-5/h6-8,11-12H,9-10,22H2,1-5H3,(H,23,25). The first-order chi connectivity index (χ1) is 14.5. The average Bonchev–Trinajstić information content (AvgIpc) is 2.72. The van der Waals surface area contributed by atoms with Crippen LogP contribution in [0.1, 0.15) is 27.9 Å². The van der Waals surface area contributed by atoms with E-state index in [2.05, 4.69) is 10.1 Å². The number of carbonyl (C=O) groups excluding carboxylic acids is 2. The molecule has 0 radical (unpaired) electrons. The van der Waals surface area contributed by atoms with Gasteiger partial charge in [-0.25, -0.2) is 17.5 Å². The number of sulfonamides is 1. The Hall–Kier alpha value is -3.11. The highest BCUT2D eigenvalue weighted by atomic mass is 32.2. The summed E-state index contributed by atoms with van der Waals surface area (Å²) in [5.41, 5.74) is 7.50. The van der Waals surface area contributed by atoms with Crippen molar-refractivity contribution in [2.45, 2.75) is 25.2 Å². The number of hydrogen-bond donors (Lipinski definition) is 2. The summed E-state index contributed by atoms with van der Waals surface area (Å²) in [5.74, 6) is -0.494. The molecule has 2 rings (SSSR count). The lowest BCUT2D eigenvalue weighted by molar-refractivity contribution is -0.116. The van der Waals surface area contributed by atoms with E-state index in [1.807, 2.05) is 0 Å². The van der Waals surface area contributed by atoms with Crippen LogP contribution in [0.15, 0.2) is 35.2 Å². The molecule has 0 saturated heterocycles. The van der Waals surface area contributed by atoms with Gasteiger partial charge in [-0.1, -0.05) is 6.07 Å². The minimum absolute atomic E-state index is 0.0460. The quantitative estimate of drug-likeness (QED) is 0.467. The maximum atomic E-state index is 13.0. The van der Waals surface area contributed by atoms with Crippen LogP contribution >= 0.6 is 0 Å². The molecule has 0 unspecified atom stereocenters. The molecule has 0 spiro atoms. The lowest BCUT2D eigenvalue weighted by Crippen LogP contribution is -2.31. The number of nitrogens with zero attached hydrogens (tertiary/aromatic N) is 1. The molecular weight excluding hydrogens is 422 g/mol. The van der Waals surface area contributed by atoms with Crippen LogP contribution in [-0.4, -0.2) is 52.4 Å². The Kier molecular flexibility index (Phi) is 7.64. The number of carbonyl (C=O) groups is 2. The molecule has 168 valence electrons. The first-order valence-electron chi connectivity index (χ1n) is 9.41. The lowest BCUT2D eigenvalue weighted by Gasteiger charge is -2.20. The minimum atomic E-state index is -3.81. The highest BCUT2D eigenvalue weighted by Gasteiger charge is 2.26. The Morgan fingerprint density at radius 2 is 1.74 bits per heavy atom. The summed E-state index contributed by atoms with van der Waals surface area (Å²) >= 11 is 0. The number of nitrogen functional groups attached to an aromatic ring is 1. The van der Waals surface area contributed by atoms with E-state index in [0.29, 0.717) is 16.9 Å². The summed E-state index contributed by atoms with van der Waals surface area (Å²) in [7, 11) is 0.350. The predicted octanol–water partition coefficient (Wildman–Crippen LogP) is 2.33. The summed E-state index contributed by atoms with van der Waals surface area (Å²) in [5, 5.41) is 2.60. The van der Waals surface area contributed by atoms with Crippen LogP contribution in [-0.2, 0) is 19.6 Å². The first kappa shape index (κ1) is 24.2. The molecule has 2 aromatic carbocycles.